The van der Waals surface area contributed by atoms with Gasteiger partial charge in [-0.25, -0.2) is 0 Å². The van der Waals surface area contributed by atoms with Gasteiger partial charge >= 0.3 is 0 Å². The molecule has 0 unspecified atom stereocenters. The van der Waals surface area contributed by atoms with E-state index in [0.717, 1.165) is 26.2 Å². The second kappa shape index (κ2) is 5.21. The molecule has 94 valence electrons. The van der Waals surface area contributed by atoms with Gasteiger partial charge in [0.15, 0.2) is 0 Å². The molecular weight excluding hydrogens is 347 g/mol. The molecule has 0 spiro atoms. The normalized spacial score (nSPS) is 10.6. The van der Waals surface area contributed by atoms with E-state index in [1.165, 1.54) is 5.56 Å². The third-order valence-electron chi connectivity index (χ3n) is 3.06. The number of aryl methyl sites for hydroxylation is 1. The van der Waals surface area contributed by atoms with Crippen molar-refractivity contribution < 1.29 is 4.42 Å². The molecule has 2 heteroatoms. The Balaban J connectivity index is 2.05. The van der Waals surface area contributed by atoms with Gasteiger partial charge in [-0.15, -0.1) is 0 Å². The SMILES string of the molecule is Cc1ccc(-c2oc(-c3ccccc3)cc2I)cc1. The molecule has 0 N–H and O–H groups in total. The molecule has 0 atom stereocenters. The van der Waals surface area contributed by atoms with Crippen molar-refractivity contribution in [2.45, 2.75) is 6.92 Å². The van der Waals surface area contributed by atoms with E-state index in [-0.39, 0.29) is 0 Å². The first-order chi connectivity index (χ1) is 9.24. The first kappa shape index (κ1) is 12.5. The molecular formula is C17H13IO. The Kier molecular flexibility index (Phi) is 3.42. The summed E-state index contributed by atoms with van der Waals surface area (Å²) in [6.45, 7) is 2.09. The van der Waals surface area contributed by atoms with Crippen LogP contribution in [0.4, 0.5) is 0 Å². The van der Waals surface area contributed by atoms with Crippen molar-refractivity contribution in [1.29, 1.82) is 0 Å². The third-order valence-corrected chi connectivity index (χ3v) is 3.86. The van der Waals surface area contributed by atoms with Crippen LogP contribution in [0.5, 0.6) is 0 Å². The number of hydrogen-bond acceptors (Lipinski definition) is 1. The number of furan rings is 1. The van der Waals surface area contributed by atoms with Gasteiger partial charge < -0.3 is 4.42 Å². The van der Waals surface area contributed by atoms with Crippen molar-refractivity contribution in [2.24, 2.45) is 0 Å². The summed E-state index contributed by atoms with van der Waals surface area (Å²) in [6, 6.07) is 20.7. The highest BCUT2D eigenvalue weighted by atomic mass is 127. The minimum Gasteiger partial charge on any atom is -0.455 e. The van der Waals surface area contributed by atoms with Gasteiger partial charge in [0.25, 0.3) is 0 Å². The Morgan fingerprint density at radius 1 is 0.842 bits per heavy atom. The fourth-order valence-electron chi connectivity index (χ4n) is 2.02. The Morgan fingerprint density at radius 2 is 1.53 bits per heavy atom. The van der Waals surface area contributed by atoms with Crippen LogP contribution in [0.15, 0.2) is 65.1 Å². The summed E-state index contributed by atoms with van der Waals surface area (Å²) in [6.07, 6.45) is 0. The van der Waals surface area contributed by atoms with E-state index in [1.54, 1.807) is 0 Å². The topological polar surface area (TPSA) is 13.1 Å². The fourth-order valence-corrected chi connectivity index (χ4v) is 2.72. The lowest BCUT2D eigenvalue weighted by Gasteiger charge is -1.99. The third kappa shape index (κ3) is 2.59. The van der Waals surface area contributed by atoms with Gasteiger partial charge in [0.1, 0.15) is 11.5 Å². The summed E-state index contributed by atoms with van der Waals surface area (Å²) >= 11 is 2.33. The summed E-state index contributed by atoms with van der Waals surface area (Å²) in [5.41, 5.74) is 3.49. The predicted octanol–water partition coefficient (Wildman–Crippen LogP) is 5.53. The van der Waals surface area contributed by atoms with Gasteiger partial charge in [0.05, 0.1) is 3.57 Å². The van der Waals surface area contributed by atoms with Gasteiger partial charge in [-0.3, -0.25) is 0 Å². The molecule has 0 saturated carbocycles. The second-order valence-electron chi connectivity index (χ2n) is 4.52. The lowest BCUT2D eigenvalue weighted by molar-refractivity contribution is 0.596. The number of halogens is 1. The monoisotopic (exact) mass is 360 g/mol. The lowest BCUT2D eigenvalue weighted by Crippen LogP contribution is -1.77. The maximum Gasteiger partial charge on any atom is 0.148 e. The van der Waals surface area contributed by atoms with Crippen LogP contribution in [0.1, 0.15) is 5.56 Å². The van der Waals surface area contributed by atoms with E-state index >= 15 is 0 Å². The second-order valence-corrected chi connectivity index (χ2v) is 5.68. The molecule has 0 bridgehead atoms. The molecule has 3 rings (SSSR count). The van der Waals surface area contributed by atoms with Crippen molar-refractivity contribution >= 4 is 22.6 Å². The molecule has 0 aliphatic carbocycles. The highest BCUT2D eigenvalue weighted by Crippen LogP contribution is 2.33. The highest BCUT2D eigenvalue weighted by Gasteiger charge is 2.12. The van der Waals surface area contributed by atoms with Crippen LogP contribution in [0, 0.1) is 10.5 Å². The van der Waals surface area contributed by atoms with Crippen LogP contribution in [0.2, 0.25) is 0 Å². The molecule has 2 aromatic carbocycles. The molecule has 1 aromatic heterocycles. The summed E-state index contributed by atoms with van der Waals surface area (Å²) in [4.78, 5) is 0. The van der Waals surface area contributed by atoms with E-state index in [9.17, 15) is 0 Å². The van der Waals surface area contributed by atoms with Crippen molar-refractivity contribution in [3.05, 3.63) is 69.8 Å². The van der Waals surface area contributed by atoms with E-state index in [1.807, 2.05) is 18.2 Å². The van der Waals surface area contributed by atoms with Crippen LogP contribution >= 0.6 is 22.6 Å². The first-order valence-corrected chi connectivity index (χ1v) is 7.24. The van der Waals surface area contributed by atoms with Crippen LogP contribution in [-0.2, 0) is 0 Å². The van der Waals surface area contributed by atoms with Gasteiger partial charge in [-0.2, -0.15) is 0 Å². The zero-order valence-electron chi connectivity index (χ0n) is 10.6. The van der Waals surface area contributed by atoms with Crippen molar-refractivity contribution in [1.82, 2.24) is 0 Å². The Hall–Kier alpha value is -1.55. The average Bonchev–Trinajstić information content (AvgIpc) is 2.83. The average molecular weight is 360 g/mol. The van der Waals surface area contributed by atoms with Crippen molar-refractivity contribution in [3.63, 3.8) is 0 Å². The quantitative estimate of drug-likeness (QED) is 0.548. The van der Waals surface area contributed by atoms with Gasteiger partial charge in [0, 0.05) is 11.1 Å². The standard InChI is InChI=1S/C17H13IO/c1-12-7-9-14(10-8-12)17-15(18)11-16(19-17)13-5-3-2-4-6-13/h2-11H,1H3. The van der Waals surface area contributed by atoms with Crippen LogP contribution in [-0.4, -0.2) is 0 Å². The van der Waals surface area contributed by atoms with Crippen LogP contribution < -0.4 is 0 Å². The van der Waals surface area contributed by atoms with Crippen LogP contribution in [0.3, 0.4) is 0 Å². The fraction of sp³-hybridized carbons (Fsp3) is 0.0588. The highest BCUT2D eigenvalue weighted by molar-refractivity contribution is 14.1. The number of hydrogen-bond donors (Lipinski definition) is 0. The predicted molar refractivity (Wildman–Crippen MR) is 87.0 cm³/mol. The van der Waals surface area contributed by atoms with Crippen molar-refractivity contribution in [2.75, 3.05) is 0 Å². The number of rotatable bonds is 2. The summed E-state index contributed by atoms with van der Waals surface area (Å²) in [5, 5.41) is 0. The van der Waals surface area contributed by atoms with Gasteiger partial charge in [-0.05, 0) is 35.6 Å². The van der Waals surface area contributed by atoms with Gasteiger partial charge in [0.2, 0.25) is 0 Å². The Morgan fingerprint density at radius 3 is 2.21 bits per heavy atom. The molecule has 0 radical (unpaired) electrons. The van der Waals surface area contributed by atoms with E-state index in [2.05, 4.69) is 72.0 Å². The molecule has 0 fully saturated rings. The Labute approximate surface area is 126 Å². The molecule has 1 nitrogen and oxygen atoms in total. The maximum absolute atomic E-state index is 6.02. The molecule has 0 aliphatic rings. The zero-order chi connectivity index (χ0) is 13.2. The van der Waals surface area contributed by atoms with E-state index in [4.69, 9.17) is 4.42 Å². The Bertz CT molecular complexity index is 681. The van der Waals surface area contributed by atoms with Gasteiger partial charge in [-0.1, -0.05) is 60.2 Å². The molecule has 3 aromatic rings. The minimum atomic E-state index is 0.917. The smallest absolute Gasteiger partial charge is 0.148 e. The van der Waals surface area contributed by atoms with E-state index in [0.29, 0.717) is 0 Å². The van der Waals surface area contributed by atoms with Crippen LogP contribution in [0.25, 0.3) is 22.6 Å². The number of benzene rings is 2. The van der Waals surface area contributed by atoms with E-state index < -0.39 is 0 Å². The largest absolute Gasteiger partial charge is 0.455 e. The minimum absolute atomic E-state index is 0.917. The molecule has 1 heterocycles. The zero-order valence-corrected chi connectivity index (χ0v) is 12.7. The summed E-state index contributed by atoms with van der Waals surface area (Å²) in [7, 11) is 0. The lowest BCUT2D eigenvalue weighted by atomic mass is 10.1. The molecule has 0 aliphatic heterocycles. The molecule has 0 saturated heterocycles. The molecule has 0 amide bonds. The summed E-state index contributed by atoms with van der Waals surface area (Å²) < 4.78 is 7.16. The first-order valence-electron chi connectivity index (χ1n) is 6.16. The summed E-state index contributed by atoms with van der Waals surface area (Å²) in [5.74, 6) is 1.86. The van der Waals surface area contributed by atoms with Crippen molar-refractivity contribution in [3.8, 4) is 22.6 Å². The molecule has 19 heavy (non-hydrogen) atoms. The maximum atomic E-state index is 6.02.